The van der Waals surface area contributed by atoms with Crippen molar-refractivity contribution in [1.29, 1.82) is 0 Å². The van der Waals surface area contributed by atoms with Crippen LogP contribution in [-0.2, 0) is 0 Å². The van der Waals surface area contributed by atoms with Gasteiger partial charge in [0.25, 0.3) is 0 Å². The normalized spacial score (nSPS) is 14.1. The van der Waals surface area contributed by atoms with Crippen LogP contribution < -0.4 is 5.32 Å². The molecule has 0 amide bonds. The quantitative estimate of drug-likeness (QED) is 0.592. The van der Waals surface area contributed by atoms with Gasteiger partial charge in [-0.2, -0.15) is 0 Å². The summed E-state index contributed by atoms with van der Waals surface area (Å²) in [4.78, 5) is 14.6. The average molecular weight is 281 g/mol. The van der Waals surface area contributed by atoms with E-state index in [0.717, 1.165) is 6.42 Å². The minimum atomic E-state index is -0.913. The number of nitrogens with zero attached hydrogens (tertiary/aromatic N) is 2. The number of rotatable bonds is 7. The Bertz CT molecular complexity index is 473. The fourth-order valence-corrected chi connectivity index (χ4v) is 1.87. The van der Waals surface area contributed by atoms with Crippen LogP contribution in [0.3, 0.4) is 0 Å². The van der Waals surface area contributed by atoms with Gasteiger partial charge in [0.15, 0.2) is 0 Å². The molecule has 1 atom stereocenters. The smallest absolute Gasteiger partial charge is 0.314 e. The monoisotopic (exact) mass is 281 g/mol. The Hall–Kier alpha value is -1.69. The highest BCUT2D eigenvalue weighted by molar-refractivity contribution is 5.59. The summed E-state index contributed by atoms with van der Waals surface area (Å²) < 4.78 is 0. The number of anilines is 1. The van der Waals surface area contributed by atoms with Crippen molar-refractivity contribution in [2.45, 2.75) is 46.1 Å². The molecule has 1 unspecified atom stereocenters. The second-order valence-electron chi connectivity index (χ2n) is 5.87. The number of hydrogen-bond acceptors (Lipinski definition) is 5. The van der Waals surface area contributed by atoms with Gasteiger partial charge in [0, 0.05) is 18.3 Å². The molecule has 6 heteroatoms. The van der Waals surface area contributed by atoms with E-state index in [-0.39, 0.29) is 18.1 Å². The van der Waals surface area contributed by atoms with E-state index in [9.17, 15) is 15.2 Å². The topological polar surface area (TPSA) is 88.3 Å². The van der Waals surface area contributed by atoms with Crippen LogP contribution in [0.4, 0.5) is 11.5 Å². The molecule has 0 aromatic carbocycles. The first kappa shape index (κ1) is 16.4. The Kier molecular flexibility index (Phi) is 5.44. The van der Waals surface area contributed by atoms with Gasteiger partial charge < -0.3 is 10.4 Å². The predicted molar refractivity (Wildman–Crippen MR) is 78.8 cm³/mol. The number of aryl methyl sites for hydroxylation is 1. The highest BCUT2D eigenvalue weighted by Crippen LogP contribution is 2.26. The first-order chi connectivity index (χ1) is 9.23. The fraction of sp³-hybridized carbons (Fsp3) is 0.643. The lowest BCUT2D eigenvalue weighted by molar-refractivity contribution is -0.384. The molecule has 2 N–H and O–H groups in total. The second kappa shape index (κ2) is 6.65. The number of nitro groups is 1. The van der Waals surface area contributed by atoms with E-state index < -0.39 is 10.5 Å². The van der Waals surface area contributed by atoms with E-state index in [1.54, 1.807) is 19.9 Å². The van der Waals surface area contributed by atoms with Gasteiger partial charge in [-0.3, -0.25) is 10.1 Å². The molecule has 0 fully saturated rings. The molecule has 20 heavy (non-hydrogen) atoms. The van der Waals surface area contributed by atoms with Crippen molar-refractivity contribution in [2.75, 3.05) is 11.9 Å². The molecular formula is C14H23N3O3. The van der Waals surface area contributed by atoms with Crippen molar-refractivity contribution in [3.05, 3.63) is 27.9 Å². The van der Waals surface area contributed by atoms with Crippen LogP contribution >= 0.6 is 0 Å². The summed E-state index contributed by atoms with van der Waals surface area (Å²) in [6.07, 6.45) is 3.06. The lowest BCUT2D eigenvalue weighted by atomic mass is 9.95. The van der Waals surface area contributed by atoms with Crippen molar-refractivity contribution in [3.8, 4) is 0 Å². The van der Waals surface area contributed by atoms with E-state index in [1.165, 1.54) is 6.20 Å². The fourth-order valence-electron chi connectivity index (χ4n) is 1.87. The first-order valence-corrected chi connectivity index (χ1v) is 6.79. The zero-order chi connectivity index (χ0) is 15.3. The molecule has 0 bridgehead atoms. The molecule has 1 rings (SSSR count). The molecule has 0 aliphatic carbocycles. The first-order valence-electron chi connectivity index (χ1n) is 6.79. The van der Waals surface area contributed by atoms with Crippen molar-refractivity contribution in [3.63, 3.8) is 0 Å². The number of nitrogens with one attached hydrogen (secondary N) is 1. The number of aromatic nitrogens is 1. The minimum Gasteiger partial charge on any atom is -0.388 e. The van der Waals surface area contributed by atoms with Crippen LogP contribution in [0.25, 0.3) is 0 Å². The van der Waals surface area contributed by atoms with Gasteiger partial charge in [0.05, 0.1) is 10.5 Å². The Balaban J connectivity index is 2.75. The van der Waals surface area contributed by atoms with Gasteiger partial charge in [0.2, 0.25) is 5.82 Å². The second-order valence-corrected chi connectivity index (χ2v) is 5.87. The van der Waals surface area contributed by atoms with Gasteiger partial charge in [-0.1, -0.05) is 13.8 Å². The van der Waals surface area contributed by atoms with Gasteiger partial charge in [-0.25, -0.2) is 4.98 Å². The van der Waals surface area contributed by atoms with Crippen LogP contribution in [0, 0.1) is 23.0 Å². The van der Waals surface area contributed by atoms with Gasteiger partial charge in [-0.05, 0) is 38.7 Å². The average Bonchev–Trinajstić information content (AvgIpc) is 2.34. The number of hydrogen-bond donors (Lipinski definition) is 2. The highest BCUT2D eigenvalue weighted by Gasteiger charge is 2.24. The van der Waals surface area contributed by atoms with Crippen molar-refractivity contribution in [2.24, 2.45) is 5.92 Å². The third-order valence-corrected chi connectivity index (χ3v) is 3.21. The van der Waals surface area contributed by atoms with Gasteiger partial charge in [-0.15, -0.1) is 0 Å². The molecule has 0 saturated carbocycles. The van der Waals surface area contributed by atoms with E-state index in [1.807, 2.05) is 0 Å². The number of pyridine rings is 1. The van der Waals surface area contributed by atoms with Crippen LogP contribution in [-0.4, -0.2) is 27.2 Å². The van der Waals surface area contributed by atoms with Crippen molar-refractivity contribution in [1.82, 2.24) is 4.98 Å². The van der Waals surface area contributed by atoms with Gasteiger partial charge >= 0.3 is 5.69 Å². The molecule has 0 spiro atoms. The van der Waals surface area contributed by atoms with E-state index in [4.69, 9.17) is 0 Å². The SMILES string of the molecule is Cc1ccnc(NCC(C)(O)CCC(C)C)c1[N+](=O)[O-]. The Morgan fingerprint density at radius 2 is 2.20 bits per heavy atom. The lowest BCUT2D eigenvalue weighted by Gasteiger charge is -2.24. The standard InChI is InChI=1S/C14H23N3O3/c1-10(2)5-7-14(4,18)9-16-13-12(17(19)20)11(3)6-8-15-13/h6,8,10,18H,5,7,9H2,1-4H3,(H,15,16). The van der Waals surface area contributed by atoms with Gasteiger partial charge in [0.1, 0.15) is 0 Å². The Labute approximate surface area is 119 Å². The van der Waals surface area contributed by atoms with E-state index >= 15 is 0 Å². The third-order valence-electron chi connectivity index (χ3n) is 3.21. The number of aliphatic hydroxyl groups is 1. The van der Waals surface area contributed by atoms with Crippen LogP contribution in [0.2, 0.25) is 0 Å². The predicted octanol–water partition coefficient (Wildman–Crippen LogP) is 2.90. The summed E-state index contributed by atoms with van der Waals surface area (Å²) in [5.74, 6) is 0.715. The molecule has 0 aliphatic rings. The summed E-state index contributed by atoms with van der Waals surface area (Å²) in [5.41, 5.74) is -0.398. The molecule has 1 aromatic rings. The largest absolute Gasteiger partial charge is 0.388 e. The van der Waals surface area contributed by atoms with Crippen LogP contribution in [0.15, 0.2) is 12.3 Å². The Morgan fingerprint density at radius 3 is 2.75 bits per heavy atom. The van der Waals surface area contributed by atoms with Crippen molar-refractivity contribution >= 4 is 11.5 Å². The zero-order valence-electron chi connectivity index (χ0n) is 12.5. The lowest BCUT2D eigenvalue weighted by Crippen LogP contribution is -2.34. The maximum atomic E-state index is 11.0. The summed E-state index contributed by atoms with van der Waals surface area (Å²) in [6.45, 7) is 7.82. The zero-order valence-corrected chi connectivity index (χ0v) is 12.5. The van der Waals surface area contributed by atoms with E-state index in [2.05, 4.69) is 24.1 Å². The molecule has 0 aliphatic heterocycles. The molecule has 6 nitrogen and oxygen atoms in total. The molecular weight excluding hydrogens is 258 g/mol. The highest BCUT2D eigenvalue weighted by atomic mass is 16.6. The van der Waals surface area contributed by atoms with Crippen LogP contribution in [0.5, 0.6) is 0 Å². The maximum Gasteiger partial charge on any atom is 0.314 e. The summed E-state index contributed by atoms with van der Waals surface area (Å²) >= 11 is 0. The summed E-state index contributed by atoms with van der Waals surface area (Å²) in [5, 5.41) is 24.2. The minimum absolute atomic E-state index is 0.0350. The van der Waals surface area contributed by atoms with Crippen molar-refractivity contribution < 1.29 is 10.0 Å². The maximum absolute atomic E-state index is 11.0. The molecule has 1 aromatic heterocycles. The Morgan fingerprint density at radius 1 is 1.55 bits per heavy atom. The summed E-state index contributed by atoms with van der Waals surface area (Å²) in [7, 11) is 0. The van der Waals surface area contributed by atoms with Crippen LogP contribution in [0.1, 0.15) is 39.2 Å². The molecule has 112 valence electrons. The van der Waals surface area contributed by atoms with E-state index in [0.29, 0.717) is 17.9 Å². The summed E-state index contributed by atoms with van der Waals surface area (Å²) in [6, 6.07) is 1.60. The third kappa shape index (κ3) is 4.77. The molecule has 0 saturated heterocycles. The molecule has 0 radical (unpaired) electrons. The molecule has 1 heterocycles.